The van der Waals surface area contributed by atoms with E-state index in [0.29, 0.717) is 16.6 Å². The number of hydrogen-bond donors (Lipinski definition) is 1. The minimum Gasteiger partial charge on any atom is -0.322 e. The third kappa shape index (κ3) is 2.29. The lowest BCUT2D eigenvalue weighted by Crippen LogP contribution is -2.30. The van der Waals surface area contributed by atoms with E-state index in [2.05, 4.69) is 15.4 Å². The standard InChI is InChI=1S/C13H13FN6O/c1-19-12-9(6-16-19)13(21)20(18-17-12)7-11(15)8-4-2-3-5-10(8)14/h2-6,11H,7,15H2,1H3. The van der Waals surface area contributed by atoms with Crippen LogP contribution in [0.3, 0.4) is 0 Å². The van der Waals surface area contributed by atoms with Gasteiger partial charge >= 0.3 is 0 Å². The average molecular weight is 288 g/mol. The Balaban J connectivity index is 1.97. The molecular weight excluding hydrogens is 275 g/mol. The number of aromatic nitrogens is 5. The van der Waals surface area contributed by atoms with Crippen molar-refractivity contribution in [3.63, 3.8) is 0 Å². The number of nitrogens with two attached hydrogens (primary N) is 1. The summed E-state index contributed by atoms with van der Waals surface area (Å²) in [5.41, 5.74) is 6.34. The van der Waals surface area contributed by atoms with E-state index in [-0.39, 0.29) is 12.1 Å². The zero-order valence-electron chi connectivity index (χ0n) is 11.3. The second-order valence-corrected chi connectivity index (χ2v) is 4.71. The summed E-state index contributed by atoms with van der Waals surface area (Å²) in [4.78, 5) is 12.3. The van der Waals surface area contributed by atoms with Gasteiger partial charge in [0.15, 0.2) is 5.65 Å². The molecule has 3 aromatic rings. The van der Waals surface area contributed by atoms with Crippen molar-refractivity contribution in [3.8, 4) is 0 Å². The van der Waals surface area contributed by atoms with Crippen LogP contribution in [-0.4, -0.2) is 24.8 Å². The minimum absolute atomic E-state index is 0.0393. The van der Waals surface area contributed by atoms with Crippen LogP contribution in [0.25, 0.3) is 11.0 Å². The fraction of sp³-hybridized carbons (Fsp3) is 0.231. The summed E-state index contributed by atoms with van der Waals surface area (Å²) in [5.74, 6) is -0.409. The molecule has 1 atom stereocenters. The molecule has 0 fully saturated rings. The molecule has 8 heteroatoms. The van der Waals surface area contributed by atoms with Gasteiger partial charge in [-0.05, 0) is 6.07 Å². The maximum absolute atomic E-state index is 13.7. The summed E-state index contributed by atoms with van der Waals surface area (Å²) in [6.07, 6.45) is 1.43. The summed E-state index contributed by atoms with van der Waals surface area (Å²) in [5, 5.41) is 12.1. The second-order valence-electron chi connectivity index (χ2n) is 4.71. The lowest BCUT2D eigenvalue weighted by molar-refractivity contribution is 0.469. The Labute approximate surface area is 118 Å². The highest BCUT2D eigenvalue weighted by molar-refractivity contribution is 5.72. The van der Waals surface area contributed by atoms with E-state index in [1.807, 2.05) is 0 Å². The molecule has 0 aliphatic carbocycles. The van der Waals surface area contributed by atoms with Gasteiger partial charge in [-0.1, -0.05) is 23.4 Å². The Hall–Kier alpha value is -2.61. The van der Waals surface area contributed by atoms with Gasteiger partial charge in [0.05, 0.1) is 18.8 Å². The number of aryl methyl sites for hydroxylation is 1. The van der Waals surface area contributed by atoms with E-state index in [1.54, 1.807) is 25.2 Å². The molecule has 0 radical (unpaired) electrons. The maximum Gasteiger partial charge on any atom is 0.280 e. The lowest BCUT2D eigenvalue weighted by atomic mass is 10.1. The molecule has 0 aliphatic heterocycles. The molecule has 1 unspecified atom stereocenters. The fourth-order valence-electron chi connectivity index (χ4n) is 2.16. The molecule has 21 heavy (non-hydrogen) atoms. The molecule has 7 nitrogen and oxygen atoms in total. The third-order valence-electron chi connectivity index (χ3n) is 3.29. The molecule has 0 bridgehead atoms. The van der Waals surface area contributed by atoms with Gasteiger partial charge in [0, 0.05) is 12.6 Å². The van der Waals surface area contributed by atoms with Crippen molar-refractivity contribution < 1.29 is 4.39 Å². The first kappa shape index (κ1) is 13.4. The van der Waals surface area contributed by atoms with Crippen LogP contribution in [-0.2, 0) is 13.6 Å². The van der Waals surface area contributed by atoms with Crippen LogP contribution in [0.5, 0.6) is 0 Å². The topological polar surface area (TPSA) is 91.6 Å². The lowest BCUT2D eigenvalue weighted by Gasteiger charge is -2.13. The highest BCUT2D eigenvalue weighted by Gasteiger charge is 2.15. The molecule has 108 valence electrons. The van der Waals surface area contributed by atoms with Crippen molar-refractivity contribution in [2.45, 2.75) is 12.6 Å². The van der Waals surface area contributed by atoms with Gasteiger partial charge in [0.25, 0.3) is 5.56 Å². The number of halogens is 1. The zero-order chi connectivity index (χ0) is 15.0. The Morgan fingerprint density at radius 3 is 2.90 bits per heavy atom. The third-order valence-corrected chi connectivity index (χ3v) is 3.29. The molecule has 0 aliphatic rings. The molecular formula is C13H13FN6O. The second kappa shape index (κ2) is 5.06. The smallest absolute Gasteiger partial charge is 0.280 e. The van der Waals surface area contributed by atoms with Gasteiger partial charge in [-0.2, -0.15) is 5.10 Å². The molecule has 0 spiro atoms. The number of rotatable bonds is 3. The van der Waals surface area contributed by atoms with E-state index >= 15 is 0 Å². The van der Waals surface area contributed by atoms with Crippen LogP contribution >= 0.6 is 0 Å². The van der Waals surface area contributed by atoms with Gasteiger partial charge in [-0.25, -0.2) is 13.8 Å². The van der Waals surface area contributed by atoms with Gasteiger partial charge in [-0.3, -0.25) is 4.79 Å². The first-order valence-corrected chi connectivity index (χ1v) is 6.33. The molecule has 0 saturated heterocycles. The van der Waals surface area contributed by atoms with Gasteiger partial charge < -0.3 is 5.73 Å². The zero-order valence-corrected chi connectivity index (χ0v) is 11.3. The van der Waals surface area contributed by atoms with Gasteiger partial charge in [0.2, 0.25) is 0 Å². The van der Waals surface area contributed by atoms with E-state index in [0.717, 1.165) is 4.68 Å². The average Bonchev–Trinajstić information content (AvgIpc) is 2.84. The van der Waals surface area contributed by atoms with Crippen LogP contribution in [0.4, 0.5) is 4.39 Å². The largest absolute Gasteiger partial charge is 0.322 e. The van der Waals surface area contributed by atoms with Crippen LogP contribution in [0, 0.1) is 5.82 Å². The van der Waals surface area contributed by atoms with Crippen LogP contribution in [0.1, 0.15) is 11.6 Å². The number of nitrogens with zero attached hydrogens (tertiary/aromatic N) is 5. The predicted molar refractivity (Wildman–Crippen MR) is 73.9 cm³/mol. The minimum atomic E-state index is -0.688. The molecule has 2 heterocycles. The monoisotopic (exact) mass is 288 g/mol. The quantitative estimate of drug-likeness (QED) is 0.751. The normalized spacial score (nSPS) is 12.7. The van der Waals surface area contributed by atoms with Crippen molar-refractivity contribution in [3.05, 3.63) is 52.2 Å². The van der Waals surface area contributed by atoms with Gasteiger partial charge in [0.1, 0.15) is 11.2 Å². The summed E-state index contributed by atoms with van der Waals surface area (Å²) in [6.45, 7) is 0.0393. The summed E-state index contributed by atoms with van der Waals surface area (Å²) in [6, 6.07) is 5.50. The number of benzene rings is 1. The predicted octanol–water partition coefficient (Wildman–Crippen LogP) is 0.364. The van der Waals surface area contributed by atoms with Crippen LogP contribution in [0.2, 0.25) is 0 Å². The Morgan fingerprint density at radius 2 is 2.14 bits per heavy atom. The van der Waals surface area contributed by atoms with E-state index in [9.17, 15) is 9.18 Å². The fourth-order valence-corrected chi connectivity index (χ4v) is 2.16. The summed E-state index contributed by atoms with van der Waals surface area (Å²) in [7, 11) is 1.67. The highest BCUT2D eigenvalue weighted by Crippen LogP contribution is 2.15. The first-order chi connectivity index (χ1) is 10.1. The van der Waals surface area contributed by atoms with Crippen LogP contribution < -0.4 is 11.3 Å². The number of fused-ring (bicyclic) bond motifs is 1. The van der Waals surface area contributed by atoms with Crippen molar-refractivity contribution in [2.24, 2.45) is 12.8 Å². The summed E-state index contributed by atoms with van der Waals surface area (Å²) >= 11 is 0. The Morgan fingerprint density at radius 1 is 1.38 bits per heavy atom. The molecule has 2 N–H and O–H groups in total. The maximum atomic E-state index is 13.7. The molecule has 3 rings (SSSR count). The molecule has 0 amide bonds. The summed E-state index contributed by atoms with van der Waals surface area (Å²) < 4.78 is 16.3. The Bertz CT molecular complexity index is 855. The van der Waals surface area contributed by atoms with E-state index < -0.39 is 11.9 Å². The van der Waals surface area contributed by atoms with Crippen LogP contribution in [0.15, 0.2) is 35.3 Å². The van der Waals surface area contributed by atoms with Crippen molar-refractivity contribution in [1.82, 2.24) is 24.8 Å². The van der Waals surface area contributed by atoms with Crippen molar-refractivity contribution in [1.29, 1.82) is 0 Å². The van der Waals surface area contributed by atoms with Crippen molar-refractivity contribution >= 4 is 11.0 Å². The molecule has 1 aromatic carbocycles. The Kier molecular flexibility index (Phi) is 3.22. The van der Waals surface area contributed by atoms with E-state index in [1.165, 1.54) is 16.9 Å². The van der Waals surface area contributed by atoms with Crippen molar-refractivity contribution in [2.75, 3.05) is 0 Å². The van der Waals surface area contributed by atoms with E-state index in [4.69, 9.17) is 5.73 Å². The van der Waals surface area contributed by atoms with Gasteiger partial charge in [-0.15, -0.1) is 5.10 Å². The number of hydrogen-bond acceptors (Lipinski definition) is 5. The SMILES string of the molecule is Cn1ncc2c(=O)n(CC(N)c3ccccc3F)nnc21. The first-order valence-electron chi connectivity index (χ1n) is 6.33. The highest BCUT2D eigenvalue weighted by atomic mass is 19.1. The molecule has 2 aromatic heterocycles. The molecule has 0 saturated carbocycles.